The van der Waals surface area contributed by atoms with Crippen LogP contribution in [-0.2, 0) is 4.79 Å². The fourth-order valence-electron chi connectivity index (χ4n) is 1.56. The smallest absolute Gasteiger partial charge is 0.322 e. The SMILES string of the molecule is CNC(c1cc(O)c(O)c(O)c1O)C(N)C(=O)O. The van der Waals surface area contributed by atoms with Crippen LogP contribution in [0.5, 0.6) is 23.0 Å². The topological polar surface area (TPSA) is 156 Å². The third kappa shape index (κ3) is 2.24. The van der Waals surface area contributed by atoms with Crippen molar-refractivity contribution in [2.24, 2.45) is 5.73 Å². The zero-order valence-corrected chi connectivity index (χ0v) is 9.45. The summed E-state index contributed by atoms with van der Waals surface area (Å²) in [5.41, 5.74) is 5.27. The zero-order chi connectivity index (χ0) is 14.0. The number of aliphatic carboxylic acids is 1. The first-order valence-electron chi connectivity index (χ1n) is 4.93. The molecule has 0 saturated carbocycles. The molecule has 2 atom stereocenters. The van der Waals surface area contributed by atoms with Gasteiger partial charge in [-0.05, 0) is 13.1 Å². The van der Waals surface area contributed by atoms with E-state index in [0.29, 0.717) is 0 Å². The number of carboxylic acid groups (broad SMARTS) is 1. The number of rotatable bonds is 4. The molecule has 8 nitrogen and oxygen atoms in total. The van der Waals surface area contributed by atoms with Gasteiger partial charge in [-0.15, -0.1) is 0 Å². The van der Waals surface area contributed by atoms with E-state index in [1.807, 2.05) is 0 Å². The van der Waals surface area contributed by atoms with Gasteiger partial charge in [0.2, 0.25) is 11.5 Å². The Hall–Kier alpha value is -2.19. The lowest BCUT2D eigenvalue weighted by Crippen LogP contribution is -2.42. The molecule has 0 saturated heterocycles. The highest BCUT2D eigenvalue weighted by atomic mass is 16.4. The summed E-state index contributed by atoms with van der Waals surface area (Å²) in [4.78, 5) is 10.8. The molecule has 0 amide bonds. The number of carboxylic acids is 1. The van der Waals surface area contributed by atoms with Crippen LogP contribution in [-0.4, -0.2) is 44.6 Å². The average Bonchev–Trinajstić information content (AvgIpc) is 2.33. The molecule has 8 N–H and O–H groups in total. The Morgan fingerprint density at radius 1 is 1.22 bits per heavy atom. The number of nitrogens with one attached hydrogen (secondary N) is 1. The molecule has 0 aliphatic carbocycles. The van der Waals surface area contributed by atoms with Crippen LogP contribution in [0.15, 0.2) is 6.07 Å². The Morgan fingerprint density at radius 3 is 2.22 bits per heavy atom. The van der Waals surface area contributed by atoms with Crippen molar-refractivity contribution in [3.05, 3.63) is 11.6 Å². The lowest BCUT2D eigenvalue weighted by atomic mass is 9.98. The number of phenolic OH excluding ortho intramolecular Hbond substituents is 4. The first-order chi connectivity index (χ1) is 8.31. The quantitative estimate of drug-likeness (QED) is 0.273. The molecule has 8 heteroatoms. The van der Waals surface area contributed by atoms with Gasteiger partial charge < -0.3 is 36.6 Å². The van der Waals surface area contributed by atoms with Gasteiger partial charge in [-0.25, -0.2) is 0 Å². The van der Waals surface area contributed by atoms with E-state index in [4.69, 9.17) is 10.8 Å². The number of aromatic hydroxyl groups is 4. The van der Waals surface area contributed by atoms with Crippen LogP contribution >= 0.6 is 0 Å². The third-order valence-corrected chi connectivity index (χ3v) is 2.55. The number of nitrogens with two attached hydrogens (primary N) is 1. The van der Waals surface area contributed by atoms with E-state index in [1.54, 1.807) is 0 Å². The van der Waals surface area contributed by atoms with E-state index < -0.39 is 41.1 Å². The summed E-state index contributed by atoms with van der Waals surface area (Å²) < 4.78 is 0. The molecule has 0 bridgehead atoms. The maximum absolute atomic E-state index is 10.8. The van der Waals surface area contributed by atoms with Crippen LogP contribution in [0.2, 0.25) is 0 Å². The molecule has 100 valence electrons. The molecule has 0 spiro atoms. The first kappa shape index (κ1) is 13.9. The summed E-state index contributed by atoms with van der Waals surface area (Å²) in [6, 6.07) is -1.54. The highest BCUT2D eigenvalue weighted by molar-refractivity contribution is 5.75. The number of phenols is 4. The third-order valence-electron chi connectivity index (χ3n) is 2.55. The van der Waals surface area contributed by atoms with Crippen molar-refractivity contribution in [3.8, 4) is 23.0 Å². The van der Waals surface area contributed by atoms with Crippen molar-refractivity contribution < 1.29 is 30.3 Å². The normalized spacial score (nSPS) is 14.1. The van der Waals surface area contributed by atoms with Crippen molar-refractivity contribution >= 4 is 5.97 Å². The predicted octanol–water partition coefficient (Wildman–Crippen LogP) is -0.819. The summed E-state index contributed by atoms with van der Waals surface area (Å²) in [6.07, 6.45) is 0. The van der Waals surface area contributed by atoms with Crippen LogP contribution in [0.4, 0.5) is 0 Å². The molecule has 0 aliphatic rings. The van der Waals surface area contributed by atoms with E-state index in [-0.39, 0.29) is 5.56 Å². The summed E-state index contributed by atoms with van der Waals surface area (Å²) in [5.74, 6) is -4.61. The van der Waals surface area contributed by atoms with Gasteiger partial charge >= 0.3 is 5.97 Å². The Kier molecular flexibility index (Phi) is 3.84. The fraction of sp³-hybridized carbons (Fsp3) is 0.300. The molecule has 18 heavy (non-hydrogen) atoms. The Bertz CT molecular complexity index is 476. The number of hydrogen-bond acceptors (Lipinski definition) is 7. The van der Waals surface area contributed by atoms with Crippen molar-refractivity contribution in [2.45, 2.75) is 12.1 Å². The van der Waals surface area contributed by atoms with Crippen LogP contribution in [0.1, 0.15) is 11.6 Å². The molecule has 0 heterocycles. The second kappa shape index (κ2) is 4.98. The van der Waals surface area contributed by atoms with Gasteiger partial charge in [-0.3, -0.25) is 4.79 Å². The molecule has 1 aromatic carbocycles. The van der Waals surface area contributed by atoms with Gasteiger partial charge in [0.25, 0.3) is 0 Å². The predicted molar refractivity (Wildman–Crippen MR) is 60.5 cm³/mol. The van der Waals surface area contributed by atoms with Crippen LogP contribution in [0.3, 0.4) is 0 Å². The molecular weight excluding hydrogens is 244 g/mol. The molecular formula is C10H14N2O6. The van der Waals surface area contributed by atoms with Gasteiger partial charge in [0.1, 0.15) is 6.04 Å². The minimum atomic E-state index is -1.41. The molecule has 1 rings (SSSR count). The summed E-state index contributed by atoms with van der Waals surface area (Å²) in [6.45, 7) is 0. The van der Waals surface area contributed by atoms with Crippen LogP contribution < -0.4 is 11.1 Å². The first-order valence-corrected chi connectivity index (χ1v) is 4.93. The summed E-state index contributed by atoms with van der Waals surface area (Å²) >= 11 is 0. The molecule has 0 aliphatic heterocycles. The van der Waals surface area contributed by atoms with Crippen molar-refractivity contribution in [1.82, 2.24) is 5.32 Å². The second-order valence-electron chi connectivity index (χ2n) is 3.66. The Balaban J connectivity index is 3.35. The molecule has 0 radical (unpaired) electrons. The molecule has 0 aromatic heterocycles. The van der Waals surface area contributed by atoms with E-state index in [1.165, 1.54) is 7.05 Å². The maximum atomic E-state index is 10.8. The lowest BCUT2D eigenvalue weighted by Gasteiger charge is -2.22. The van der Waals surface area contributed by atoms with Gasteiger partial charge in [0, 0.05) is 5.56 Å². The van der Waals surface area contributed by atoms with Crippen molar-refractivity contribution in [3.63, 3.8) is 0 Å². The van der Waals surface area contributed by atoms with Gasteiger partial charge in [0.05, 0.1) is 6.04 Å². The van der Waals surface area contributed by atoms with Crippen LogP contribution in [0, 0.1) is 0 Å². The van der Waals surface area contributed by atoms with Crippen LogP contribution in [0.25, 0.3) is 0 Å². The van der Waals surface area contributed by atoms with Crippen molar-refractivity contribution in [2.75, 3.05) is 7.05 Å². The number of hydrogen-bond donors (Lipinski definition) is 7. The van der Waals surface area contributed by atoms with Gasteiger partial charge in [0.15, 0.2) is 11.5 Å². The minimum absolute atomic E-state index is 0.139. The highest BCUT2D eigenvalue weighted by Gasteiger charge is 2.29. The van der Waals surface area contributed by atoms with E-state index in [9.17, 15) is 25.2 Å². The maximum Gasteiger partial charge on any atom is 0.322 e. The fourth-order valence-corrected chi connectivity index (χ4v) is 1.56. The summed E-state index contributed by atoms with van der Waals surface area (Å²) in [5, 5.41) is 48.9. The number of benzene rings is 1. The Labute approximate surface area is 102 Å². The average molecular weight is 258 g/mol. The zero-order valence-electron chi connectivity index (χ0n) is 9.45. The monoisotopic (exact) mass is 258 g/mol. The minimum Gasteiger partial charge on any atom is -0.504 e. The number of carbonyl (C=O) groups is 1. The Morgan fingerprint density at radius 2 is 1.78 bits per heavy atom. The molecule has 0 fully saturated rings. The highest BCUT2D eigenvalue weighted by Crippen LogP contribution is 2.46. The van der Waals surface area contributed by atoms with E-state index >= 15 is 0 Å². The lowest BCUT2D eigenvalue weighted by molar-refractivity contribution is -0.139. The standard InChI is InChI=1S/C10H14N2O6/c1-12-6(5(11)10(17)18)3-2-4(13)8(15)9(16)7(3)14/h2,5-6,12-16H,11H2,1H3,(H,17,18). The van der Waals surface area contributed by atoms with E-state index in [0.717, 1.165) is 6.07 Å². The van der Waals surface area contributed by atoms with Gasteiger partial charge in [-0.2, -0.15) is 0 Å². The second-order valence-corrected chi connectivity index (χ2v) is 3.66. The van der Waals surface area contributed by atoms with E-state index in [2.05, 4.69) is 5.32 Å². The molecule has 1 aromatic rings. The van der Waals surface area contributed by atoms with Gasteiger partial charge in [-0.1, -0.05) is 0 Å². The summed E-state index contributed by atoms with van der Waals surface area (Å²) in [7, 11) is 1.40. The number of likely N-dealkylation sites (N-methyl/N-ethyl adjacent to an activating group) is 1. The van der Waals surface area contributed by atoms with Crippen molar-refractivity contribution in [1.29, 1.82) is 0 Å². The molecule has 2 unspecified atom stereocenters. The largest absolute Gasteiger partial charge is 0.504 e.